The molecule has 3 aromatic rings. The molecule has 0 N–H and O–H groups in total. The number of halogens is 1. The predicted octanol–water partition coefficient (Wildman–Crippen LogP) is 4.50. The number of para-hydroxylation sites is 2. The molecule has 0 aliphatic heterocycles. The highest BCUT2D eigenvalue weighted by molar-refractivity contribution is 6.34. The van der Waals surface area contributed by atoms with Crippen LogP contribution in [-0.4, -0.2) is 22.2 Å². The van der Waals surface area contributed by atoms with E-state index in [1.165, 1.54) is 0 Å². The van der Waals surface area contributed by atoms with Gasteiger partial charge in [0.1, 0.15) is 10.7 Å². The molecule has 1 heterocycles. The molecule has 0 radical (unpaired) electrons. The van der Waals surface area contributed by atoms with Crippen molar-refractivity contribution in [3.8, 4) is 5.69 Å². The van der Waals surface area contributed by atoms with Crippen LogP contribution < -0.4 is 4.90 Å². The first kappa shape index (κ1) is 16.3. The maximum Gasteiger partial charge on any atom is 0.263 e. The number of aromatic nitrogens is 2. The second-order valence-corrected chi connectivity index (χ2v) is 5.74. The molecule has 1 aromatic heterocycles. The summed E-state index contributed by atoms with van der Waals surface area (Å²) in [6, 6.07) is 19.1. The number of anilines is 1. The van der Waals surface area contributed by atoms with E-state index in [4.69, 9.17) is 11.6 Å². The third kappa shape index (κ3) is 2.93. The molecule has 0 unspecified atom stereocenters. The first-order valence-corrected chi connectivity index (χ1v) is 8.18. The molecule has 5 heteroatoms. The summed E-state index contributed by atoms with van der Waals surface area (Å²) in [5.41, 5.74) is 2.72. The molecule has 0 saturated carbocycles. The normalized spacial score (nSPS) is 10.6. The van der Waals surface area contributed by atoms with Crippen molar-refractivity contribution in [1.82, 2.24) is 9.78 Å². The number of aryl methyl sites for hydroxylation is 1. The number of carbonyl (C=O) groups excluding carboxylic acids is 1. The van der Waals surface area contributed by atoms with Gasteiger partial charge < -0.3 is 4.90 Å². The number of nitrogens with zero attached hydrogens (tertiary/aromatic N) is 3. The van der Waals surface area contributed by atoms with Crippen molar-refractivity contribution in [1.29, 1.82) is 0 Å². The lowest BCUT2D eigenvalue weighted by Crippen LogP contribution is -2.31. The van der Waals surface area contributed by atoms with Gasteiger partial charge in [0, 0.05) is 12.2 Å². The Hall–Kier alpha value is -2.59. The van der Waals surface area contributed by atoms with E-state index in [-0.39, 0.29) is 5.91 Å². The molecule has 0 spiro atoms. The van der Waals surface area contributed by atoms with E-state index >= 15 is 0 Å². The van der Waals surface area contributed by atoms with Crippen molar-refractivity contribution in [2.24, 2.45) is 0 Å². The molecule has 0 bridgehead atoms. The Balaban J connectivity index is 2.03. The maximum atomic E-state index is 13.1. The average molecular weight is 340 g/mol. The molecule has 3 rings (SSSR count). The summed E-state index contributed by atoms with van der Waals surface area (Å²) in [6.45, 7) is 4.29. The van der Waals surface area contributed by atoms with E-state index < -0.39 is 0 Å². The zero-order valence-corrected chi connectivity index (χ0v) is 14.4. The third-order valence-corrected chi connectivity index (χ3v) is 4.20. The van der Waals surface area contributed by atoms with E-state index in [0.29, 0.717) is 23.0 Å². The van der Waals surface area contributed by atoms with Gasteiger partial charge in [-0.1, -0.05) is 48.0 Å². The van der Waals surface area contributed by atoms with Crippen molar-refractivity contribution in [3.63, 3.8) is 0 Å². The molecule has 0 fully saturated rings. The van der Waals surface area contributed by atoms with Crippen LogP contribution in [0.4, 0.5) is 5.69 Å². The minimum absolute atomic E-state index is 0.145. The van der Waals surface area contributed by atoms with Gasteiger partial charge in [-0.2, -0.15) is 5.10 Å². The van der Waals surface area contributed by atoms with E-state index in [2.05, 4.69) is 5.10 Å². The predicted molar refractivity (Wildman–Crippen MR) is 97.1 cm³/mol. The molecular weight excluding hydrogens is 322 g/mol. The van der Waals surface area contributed by atoms with Crippen molar-refractivity contribution < 1.29 is 4.79 Å². The maximum absolute atomic E-state index is 13.1. The Morgan fingerprint density at radius 1 is 1.08 bits per heavy atom. The topological polar surface area (TPSA) is 38.1 Å². The monoisotopic (exact) mass is 339 g/mol. The van der Waals surface area contributed by atoms with Crippen LogP contribution in [0.25, 0.3) is 5.69 Å². The van der Waals surface area contributed by atoms with E-state index in [1.54, 1.807) is 16.5 Å². The lowest BCUT2D eigenvalue weighted by atomic mass is 10.2. The molecule has 24 heavy (non-hydrogen) atoms. The standard InChI is InChI=1S/C19H18ClN3O/c1-3-22(15-10-6-4-7-11-15)19(24)17-14(2)21-23(18(17)20)16-12-8-5-9-13-16/h4-13H,3H2,1-2H3. The summed E-state index contributed by atoms with van der Waals surface area (Å²) >= 11 is 6.50. The molecule has 2 aromatic carbocycles. The fourth-order valence-corrected chi connectivity index (χ4v) is 3.02. The molecule has 1 amide bonds. The Kier molecular flexibility index (Phi) is 4.67. The Morgan fingerprint density at radius 2 is 1.67 bits per heavy atom. The summed E-state index contributed by atoms with van der Waals surface area (Å²) in [4.78, 5) is 14.8. The fourth-order valence-electron chi connectivity index (χ4n) is 2.67. The van der Waals surface area contributed by atoms with Crippen LogP contribution in [0.3, 0.4) is 0 Å². The van der Waals surface area contributed by atoms with Gasteiger partial charge in [0.2, 0.25) is 0 Å². The number of hydrogen-bond acceptors (Lipinski definition) is 2. The zero-order valence-electron chi connectivity index (χ0n) is 13.6. The molecule has 4 nitrogen and oxygen atoms in total. The zero-order chi connectivity index (χ0) is 17.1. The largest absolute Gasteiger partial charge is 0.308 e. The SMILES string of the molecule is CCN(C(=O)c1c(C)nn(-c2ccccc2)c1Cl)c1ccccc1. The average Bonchev–Trinajstić information content (AvgIpc) is 2.91. The van der Waals surface area contributed by atoms with Gasteiger partial charge in [-0.05, 0) is 38.1 Å². The highest BCUT2D eigenvalue weighted by Gasteiger charge is 2.25. The number of benzene rings is 2. The first-order chi connectivity index (χ1) is 11.6. The van der Waals surface area contributed by atoms with Gasteiger partial charge in [0.25, 0.3) is 5.91 Å². The van der Waals surface area contributed by atoms with Gasteiger partial charge in [-0.25, -0.2) is 4.68 Å². The van der Waals surface area contributed by atoms with E-state index in [9.17, 15) is 4.79 Å². The van der Waals surface area contributed by atoms with Gasteiger partial charge in [-0.15, -0.1) is 0 Å². The molecule has 0 atom stereocenters. The van der Waals surface area contributed by atoms with Crippen LogP contribution >= 0.6 is 11.6 Å². The Bertz CT molecular complexity index is 844. The summed E-state index contributed by atoms with van der Waals surface area (Å²) in [7, 11) is 0. The van der Waals surface area contributed by atoms with Crippen LogP contribution in [0.1, 0.15) is 23.0 Å². The molecule has 122 valence electrons. The summed E-state index contributed by atoms with van der Waals surface area (Å²) in [5.74, 6) is -0.145. The van der Waals surface area contributed by atoms with Crippen LogP contribution in [0.2, 0.25) is 5.15 Å². The van der Waals surface area contributed by atoms with Crippen LogP contribution in [-0.2, 0) is 0 Å². The van der Waals surface area contributed by atoms with Crippen molar-refractivity contribution in [2.75, 3.05) is 11.4 Å². The quantitative estimate of drug-likeness (QED) is 0.701. The van der Waals surface area contributed by atoms with E-state index in [1.807, 2.05) is 67.6 Å². The third-order valence-electron chi connectivity index (χ3n) is 3.85. The molecule has 0 aliphatic carbocycles. The Morgan fingerprint density at radius 3 is 2.25 bits per heavy atom. The number of hydrogen-bond donors (Lipinski definition) is 0. The fraction of sp³-hybridized carbons (Fsp3) is 0.158. The molecule has 0 saturated heterocycles. The number of amides is 1. The minimum atomic E-state index is -0.145. The highest BCUT2D eigenvalue weighted by Crippen LogP contribution is 2.26. The van der Waals surface area contributed by atoms with Crippen molar-refractivity contribution in [2.45, 2.75) is 13.8 Å². The second-order valence-electron chi connectivity index (χ2n) is 5.38. The van der Waals surface area contributed by atoms with Gasteiger partial charge in [0.15, 0.2) is 0 Å². The van der Waals surface area contributed by atoms with Gasteiger partial charge >= 0.3 is 0 Å². The number of rotatable bonds is 4. The van der Waals surface area contributed by atoms with Crippen molar-refractivity contribution in [3.05, 3.63) is 77.1 Å². The highest BCUT2D eigenvalue weighted by atomic mass is 35.5. The van der Waals surface area contributed by atoms with Crippen LogP contribution in [0.5, 0.6) is 0 Å². The second kappa shape index (κ2) is 6.89. The summed E-state index contributed by atoms with van der Waals surface area (Å²) in [5, 5.41) is 4.78. The Labute approximate surface area is 146 Å². The summed E-state index contributed by atoms with van der Waals surface area (Å²) < 4.78 is 1.60. The summed E-state index contributed by atoms with van der Waals surface area (Å²) in [6.07, 6.45) is 0. The lowest BCUT2D eigenvalue weighted by molar-refractivity contribution is 0.0988. The van der Waals surface area contributed by atoms with Gasteiger partial charge in [0.05, 0.1) is 11.4 Å². The van der Waals surface area contributed by atoms with E-state index in [0.717, 1.165) is 11.4 Å². The minimum Gasteiger partial charge on any atom is -0.308 e. The lowest BCUT2D eigenvalue weighted by Gasteiger charge is -2.21. The molecule has 0 aliphatic rings. The van der Waals surface area contributed by atoms with Gasteiger partial charge in [-0.3, -0.25) is 4.79 Å². The van der Waals surface area contributed by atoms with Crippen molar-refractivity contribution >= 4 is 23.2 Å². The molecular formula is C19H18ClN3O. The van der Waals surface area contributed by atoms with Crippen LogP contribution in [0.15, 0.2) is 60.7 Å². The number of carbonyl (C=O) groups is 1. The van der Waals surface area contributed by atoms with Crippen LogP contribution in [0, 0.1) is 6.92 Å². The first-order valence-electron chi connectivity index (χ1n) is 7.81. The smallest absolute Gasteiger partial charge is 0.263 e.